The van der Waals surface area contributed by atoms with Crippen LogP contribution >= 0.6 is 0 Å². The van der Waals surface area contributed by atoms with E-state index in [0.717, 1.165) is 5.56 Å². The zero-order valence-electron chi connectivity index (χ0n) is 32.3. The molecule has 51 heavy (non-hydrogen) atoms. The summed E-state index contributed by atoms with van der Waals surface area (Å²) in [7, 11) is 3.18. The topological polar surface area (TPSA) is 174 Å². The van der Waals surface area contributed by atoms with Gasteiger partial charge >= 0.3 is 12.2 Å². The number of nitrogens with zero attached hydrogens (tertiary/aromatic N) is 1. The van der Waals surface area contributed by atoms with E-state index < -0.39 is 60.8 Å². The van der Waals surface area contributed by atoms with Gasteiger partial charge in [-0.2, -0.15) is 0 Å². The molecule has 1 saturated heterocycles. The fraction of sp³-hybridized carbons (Fsp3) is 0.730. The molecule has 14 nitrogen and oxygen atoms in total. The largest absolute Gasteiger partial charge is 0.511 e. The molecule has 1 aromatic rings. The van der Waals surface area contributed by atoms with E-state index in [0.29, 0.717) is 37.2 Å². The van der Waals surface area contributed by atoms with E-state index in [1.807, 2.05) is 39.0 Å². The Labute approximate surface area is 303 Å². The average molecular weight is 724 g/mol. The van der Waals surface area contributed by atoms with Gasteiger partial charge in [-0.25, -0.2) is 9.59 Å². The van der Waals surface area contributed by atoms with Gasteiger partial charge in [0, 0.05) is 26.0 Å². The fourth-order valence-electron chi connectivity index (χ4n) is 5.76. The molecule has 0 unspecified atom stereocenters. The average Bonchev–Trinajstić information content (AvgIpc) is 3.45. The molecule has 1 aliphatic rings. The first-order valence-electron chi connectivity index (χ1n) is 17.8. The minimum absolute atomic E-state index is 0.0557. The quantitative estimate of drug-likeness (QED) is 0.126. The van der Waals surface area contributed by atoms with Crippen LogP contribution in [-0.2, 0) is 39.7 Å². The van der Waals surface area contributed by atoms with Gasteiger partial charge in [-0.1, -0.05) is 40.7 Å². The first-order chi connectivity index (χ1) is 23.9. The molecular weight excluding hydrogens is 662 g/mol. The Morgan fingerprint density at radius 2 is 1.69 bits per heavy atom. The van der Waals surface area contributed by atoms with Crippen LogP contribution < -0.4 is 20.5 Å². The van der Waals surface area contributed by atoms with Crippen molar-refractivity contribution < 1.29 is 52.3 Å². The van der Waals surface area contributed by atoms with Crippen LogP contribution in [0.4, 0.5) is 9.59 Å². The van der Waals surface area contributed by atoms with Crippen LogP contribution in [0.15, 0.2) is 18.2 Å². The van der Waals surface area contributed by atoms with Crippen molar-refractivity contribution in [2.24, 2.45) is 34.8 Å². The Bertz CT molecular complexity index is 1280. The minimum atomic E-state index is -0.950. The number of nitrogens with one attached hydrogen (secondary N) is 1. The molecule has 0 bridgehead atoms. The Morgan fingerprint density at radius 1 is 1.00 bits per heavy atom. The zero-order valence-corrected chi connectivity index (χ0v) is 32.3. The van der Waals surface area contributed by atoms with Crippen molar-refractivity contribution in [1.29, 1.82) is 0 Å². The van der Waals surface area contributed by atoms with Crippen molar-refractivity contribution in [2.45, 2.75) is 113 Å². The van der Waals surface area contributed by atoms with Crippen LogP contribution in [0.25, 0.3) is 0 Å². The number of amides is 3. The van der Waals surface area contributed by atoms with E-state index >= 15 is 0 Å². The molecule has 0 radical (unpaired) electrons. The number of hydrogen-bond donors (Lipinski definition) is 2. The Balaban J connectivity index is 2.37. The summed E-state index contributed by atoms with van der Waals surface area (Å²) >= 11 is 0. The number of methoxy groups -OCH3 is 2. The molecule has 290 valence electrons. The number of carbonyl (C=O) groups excluding carboxylic acids is 4. The van der Waals surface area contributed by atoms with E-state index in [-0.39, 0.29) is 36.9 Å². The van der Waals surface area contributed by atoms with E-state index in [2.05, 4.69) is 19.2 Å². The van der Waals surface area contributed by atoms with Crippen molar-refractivity contribution in [3.8, 4) is 11.5 Å². The first-order valence-corrected chi connectivity index (χ1v) is 17.8. The highest BCUT2D eigenvalue weighted by Crippen LogP contribution is 2.36. The highest BCUT2D eigenvalue weighted by Gasteiger charge is 2.43. The monoisotopic (exact) mass is 723 g/mol. The molecular formula is C37H61N3O11. The zero-order chi connectivity index (χ0) is 38.5. The van der Waals surface area contributed by atoms with Gasteiger partial charge in [0.05, 0.1) is 30.8 Å². The predicted molar refractivity (Wildman–Crippen MR) is 190 cm³/mol. The van der Waals surface area contributed by atoms with Gasteiger partial charge in [0.25, 0.3) is 0 Å². The molecule has 5 atom stereocenters. The molecule has 1 aromatic carbocycles. The third-order valence-electron chi connectivity index (χ3n) is 9.25. The maximum Gasteiger partial charge on any atom is 0.511 e. The summed E-state index contributed by atoms with van der Waals surface area (Å²) in [6.45, 7) is 16.2. The summed E-state index contributed by atoms with van der Waals surface area (Å²) in [5, 5.41) is 2.90. The second kappa shape index (κ2) is 20.3. The summed E-state index contributed by atoms with van der Waals surface area (Å²) in [5.74, 6) is 0.0880. The van der Waals surface area contributed by atoms with Gasteiger partial charge in [-0.15, -0.1) is 0 Å². The lowest BCUT2D eigenvalue weighted by Crippen LogP contribution is -2.47. The number of rotatable bonds is 20. The Kier molecular flexibility index (Phi) is 17.3. The molecule has 1 fully saturated rings. The number of nitrogens with two attached hydrogens (primary N) is 1. The lowest BCUT2D eigenvalue weighted by molar-refractivity contribution is -0.130. The molecule has 2 rings (SSSR count). The van der Waals surface area contributed by atoms with Crippen molar-refractivity contribution in [3.63, 3.8) is 0 Å². The summed E-state index contributed by atoms with van der Waals surface area (Å²) in [5.41, 5.74) is 5.61. The van der Waals surface area contributed by atoms with E-state index in [1.54, 1.807) is 41.9 Å². The van der Waals surface area contributed by atoms with Gasteiger partial charge < -0.3 is 44.2 Å². The fourth-order valence-corrected chi connectivity index (χ4v) is 5.76. The van der Waals surface area contributed by atoms with E-state index in [9.17, 15) is 19.2 Å². The third kappa shape index (κ3) is 13.4. The van der Waals surface area contributed by atoms with Crippen molar-refractivity contribution in [3.05, 3.63) is 23.8 Å². The SMILES string of the molecule is CC[C@@H](OC)Oc1cc(C[C@@H](C[C@H]2[C@H](C[C@H](C(=O)NCC(C)(C)C(N)=O)C(C)C)OCN2C(=O)OCOC(=O)OC(C)C)C(C)C)ccc1OC. The Morgan fingerprint density at radius 3 is 2.24 bits per heavy atom. The van der Waals surface area contributed by atoms with Gasteiger partial charge in [0.1, 0.15) is 6.73 Å². The number of hydrogen-bond acceptors (Lipinski definition) is 11. The van der Waals surface area contributed by atoms with Crippen LogP contribution in [0.1, 0.15) is 87.1 Å². The number of ether oxygens (including phenoxy) is 7. The van der Waals surface area contributed by atoms with Gasteiger partial charge in [-0.3, -0.25) is 14.5 Å². The van der Waals surface area contributed by atoms with Gasteiger partial charge in [0.15, 0.2) is 17.8 Å². The molecule has 14 heteroatoms. The summed E-state index contributed by atoms with van der Waals surface area (Å²) < 4.78 is 38.5. The number of benzene rings is 1. The maximum atomic E-state index is 13.5. The lowest BCUT2D eigenvalue weighted by Gasteiger charge is -2.33. The molecule has 0 spiro atoms. The van der Waals surface area contributed by atoms with Crippen molar-refractivity contribution >= 4 is 24.1 Å². The lowest BCUT2D eigenvalue weighted by atomic mass is 9.80. The molecule has 0 aromatic heterocycles. The summed E-state index contributed by atoms with van der Waals surface area (Å²) in [4.78, 5) is 52.2. The van der Waals surface area contributed by atoms with E-state index in [4.69, 9.17) is 38.9 Å². The number of carbonyl (C=O) groups is 4. The number of primary amides is 1. The first kappa shape index (κ1) is 43.4. The summed E-state index contributed by atoms with van der Waals surface area (Å²) in [6.07, 6.45) is -0.892. The second-order valence-corrected chi connectivity index (χ2v) is 14.6. The van der Waals surface area contributed by atoms with Crippen LogP contribution in [-0.4, -0.2) is 87.8 Å². The van der Waals surface area contributed by atoms with Crippen LogP contribution in [0.3, 0.4) is 0 Å². The van der Waals surface area contributed by atoms with Crippen molar-refractivity contribution in [2.75, 3.05) is 34.3 Å². The maximum absolute atomic E-state index is 13.5. The summed E-state index contributed by atoms with van der Waals surface area (Å²) in [6, 6.07) is 5.33. The molecule has 1 aliphatic heterocycles. The standard InChI is InChI=1S/C37H61N3O11/c1-12-32(46-11)51-31-16-25(13-14-29(31)45-10)15-26(22(2)3)17-28-30(18-27(23(4)5)33(41)39-19-37(8,9)34(38)42)47-20-40(28)35(43)48-21-49-36(44)50-24(6)7/h13-14,16,22-24,26-28,30,32H,12,15,17-21H2,1-11H3,(H2,38,42)(H,39,41)/t26-,27-,28-,30-,32-/m0/s1. The molecule has 3 amide bonds. The minimum Gasteiger partial charge on any atom is -0.493 e. The smallest absolute Gasteiger partial charge is 0.493 e. The van der Waals surface area contributed by atoms with Crippen molar-refractivity contribution in [1.82, 2.24) is 10.2 Å². The highest BCUT2D eigenvalue weighted by molar-refractivity contribution is 5.83. The van der Waals surface area contributed by atoms with Crippen LogP contribution in [0, 0.1) is 29.1 Å². The Hall–Kier alpha value is -3.78. The van der Waals surface area contributed by atoms with Gasteiger partial charge in [-0.05, 0) is 82.4 Å². The molecule has 0 saturated carbocycles. The van der Waals surface area contributed by atoms with Crippen LogP contribution in [0.2, 0.25) is 0 Å². The highest BCUT2D eigenvalue weighted by atomic mass is 16.8. The van der Waals surface area contributed by atoms with Gasteiger partial charge in [0.2, 0.25) is 18.6 Å². The predicted octanol–water partition coefficient (Wildman–Crippen LogP) is 5.63. The second-order valence-electron chi connectivity index (χ2n) is 14.6. The molecule has 1 heterocycles. The molecule has 0 aliphatic carbocycles. The normalized spacial score (nSPS) is 18.0. The van der Waals surface area contributed by atoms with E-state index in [1.165, 1.54) is 4.90 Å². The molecule has 3 N–H and O–H groups in total. The third-order valence-corrected chi connectivity index (χ3v) is 9.25. The van der Waals surface area contributed by atoms with Crippen LogP contribution in [0.5, 0.6) is 11.5 Å².